The molecule has 0 N–H and O–H groups in total. The van der Waals surface area contributed by atoms with Gasteiger partial charge in [-0.3, -0.25) is 9.98 Å². The molecule has 8 rings (SSSR count). The van der Waals surface area contributed by atoms with Gasteiger partial charge in [0.15, 0.2) is 0 Å². The molecule has 0 radical (unpaired) electrons. The average molecular weight is 643 g/mol. The fraction of sp³-hybridized carbons (Fsp3) is 0.0833. The largest absolute Gasteiger partial charge is 0.288 e. The highest BCUT2D eigenvalue weighted by atomic mass is 14.7. The molecule has 50 heavy (non-hydrogen) atoms. The lowest BCUT2D eigenvalue weighted by Crippen LogP contribution is -2.02. The van der Waals surface area contributed by atoms with Crippen molar-refractivity contribution in [1.29, 1.82) is 0 Å². The van der Waals surface area contributed by atoms with Crippen LogP contribution in [0, 0.1) is 5.92 Å². The SMILES string of the molecule is C=N/C(=C\C(=N/C)c1ccccc1-c1ccccc1-c1ccc2c3ccccc3c3ccccc3c2c1)c1cccc(C2=CC=CC(C)C2)c1. The maximum absolute atomic E-state index is 4.82. The third kappa shape index (κ3) is 5.69. The minimum Gasteiger partial charge on any atom is -0.288 e. The molecule has 0 aromatic heterocycles. The van der Waals surface area contributed by atoms with Crippen molar-refractivity contribution >= 4 is 56.0 Å². The van der Waals surface area contributed by atoms with E-state index >= 15 is 0 Å². The van der Waals surface area contributed by atoms with E-state index in [9.17, 15) is 0 Å². The van der Waals surface area contributed by atoms with Crippen LogP contribution >= 0.6 is 0 Å². The van der Waals surface area contributed by atoms with Crippen molar-refractivity contribution in [2.24, 2.45) is 15.9 Å². The van der Waals surface area contributed by atoms with Gasteiger partial charge in [-0.15, -0.1) is 0 Å². The summed E-state index contributed by atoms with van der Waals surface area (Å²) in [6.07, 6.45) is 9.74. The number of aliphatic imine (C=N–C) groups is 2. The van der Waals surface area contributed by atoms with E-state index in [-0.39, 0.29) is 0 Å². The van der Waals surface area contributed by atoms with Crippen LogP contribution in [0.3, 0.4) is 0 Å². The van der Waals surface area contributed by atoms with Gasteiger partial charge in [-0.1, -0.05) is 153 Å². The molecule has 0 fully saturated rings. The number of hydrogen-bond acceptors (Lipinski definition) is 2. The minimum absolute atomic E-state index is 0.526. The maximum atomic E-state index is 4.82. The van der Waals surface area contributed by atoms with Crippen molar-refractivity contribution in [3.05, 3.63) is 181 Å². The molecular formula is C48H38N2. The molecule has 240 valence electrons. The van der Waals surface area contributed by atoms with Crippen molar-refractivity contribution in [1.82, 2.24) is 0 Å². The van der Waals surface area contributed by atoms with Crippen molar-refractivity contribution in [2.75, 3.05) is 7.05 Å². The van der Waals surface area contributed by atoms with E-state index in [1.807, 2.05) is 7.05 Å². The number of benzene rings is 7. The second kappa shape index (κ2) is 13.4. The normalized spacial score (nSPS) is 15.1. The standard InChI is InChI=1S/C48H38N2/c1-32-14-12-15-33(28-32)34-16-13-17-36(29-34)47(49-2)31-48(50-3)45-25-11-10-23-42(45)38-19-5-4-18-37(38)35-26-27-44-41-22-7-6-20-39(41)40-21-8-9-24-43(40)46(44)30-35/h4-27,29-32H,2,28H2,1,3H3/b47-31-,50-48+. The van der Waals surface area contributed by atoms with Crippen molar-refractivity contribution in [3.8, 4) is 22.3 Å². The summed E-state index contributed by atoms with van der Waals surface area (Å²) in [5.41, 5.74) is 10.9. The van der Waals surface area contributed by atoms with E-state index in [0.29, 0.717) is 5.92 Å². The van der Waals surface area contributed by atoms with Crippen LogP contribution in [0.1, 0.15) is 30.0 Å². The smallest absolute Gasteiger partial charge is 0.0716 e. The van der Waals surface area contributed by atoms with Gasteiger partial charge in [-0.25, -0.2) is 0 Å². The van der Waals surface area contributed by atoms with Crippen molar-refractivity contribution in [3.63, 3.8) is 0 Å². The molecule has 0 heterocycles. The summed E-state index contributed by atoms with van der Waals surface area (Å²) in [7, 11) is 1.85. The minimum atomic E-state index is 0.526. The first-order chi connectivity index (χ1) is 24.6. The Morgan fingerprint density at radius 3 is 1.92 bits per heavy atom. The van der Waals surface area contributed by atoms with E-state index in [0.717, 1.165) is 40.1 Å². The van der Waals surface area contributed by atoms with Crippen LogP contribution in [0.4, 0.5) is 0 Å². The number of nitrogens with zero attached hydrogens (tertiary/aromatic N) is 2. The van der Waals surface area contributed by atoms with E-state index < -0.39 is 0 Å². The van der Waals surface area contributed by atoms with Crippen molar-refractivity contribution in [2.45, 2.75) is 13.3 Å². The summed E-state index contributed by atoms with van der Waals surface area (Å²) < 4.78 is 0. The third-order valence-corrected chi connectivity index (χ3v) is 9.97. The first-order valence-corrected chi connectivity index (χ1v) is 17.3. The van der Waals surface area contributed by atoms with Gasteiger partial charge in [0.1, 0.15) is 0 Å². The Labute approximate surface area is 294 Å². The summed E-state index contributed by atoms with van der Waals surface area (Å²) in [6.45, 7) is 6.23. The molecular weight excluding hydrogens is 605 g/mol. The Morgan fingerprint density at radius 2 is 1.24 bits per heavy atom. The van der Waals surface area contributed by atoms with Crippen LogP contribution in [-0.4, -0.2) is 19.5 Å². The van der Waals surface area contributed by atoms with Gasteiger partial charge in [0.25, 0.3) is 0 Å². The van der Waals surface area contributed by atoms with Gasteiger partial charge >= 0.3 is 0 Å². The van der Waals surface area contributed by atoms with Crippen molar-refractivity contribution < 1.29 is 0 Å². The molecule has 1 aliphatic carbocycles. The fourth-order valence-corrected chi connectivity index (χ4v) is 7.54. The predicted molar refractivity (Wildman–Crippen MR) is 217 cm³/mol. The summed E-state index contributed by atoms with van der Waals surface area (Å²) in [4.78, 5) is 9.33. The topological polar surface area (TPSA) is 24.7 Å². The Hall–Kier alpha value is -6.12. The summed E-state index contributed by atoms with van der Waals surface area (Å²) >= 11 is 0. The second-order valence-electron chi connectivity index (χ2n) is 13.1. The zero-order valence-corrected chi connectivity index (χ0v) is 28.5. The number of rotatable bonds is 7. The van der Waals surface area contributed by atoms with Gasteiger partial charge in [-0.2, -0.15) is 0 Å². The highest BCUT2D eigenvalue weighted by Crippen LogP contribution is 2.40. The molecule has 0 amide bonds. The van der Waals surface area contributed by atoms with Gasteiger partial charge in [0, 0.05) is 18.2 Å². The van der Waals surface area contributed by atoms with E-state index in [2.05, 4.69) is 182 Å². The second-order valence-corrected chi connectivity index (χ2v) is 13.1. The molecule has 0 spiro atoms. The lowest BCUT2D eigenvalue weighted by atomic mass is 9.88. The molecule has 0 saturated carbocycles. The molecule has 2 nitrogen and oxygen atoms in total. The molecule has 2 heteroatoms. The molecule has 7 aromatic carbocycles. The lowest BCUT2D eigenvalue weighted by molar-refractivity contribution is 0.749. The molecule has 0 aliphatic heterocycles. The van der Waals surface area contributed by atoms with Crippen LogP contribution in [0.5, 0.6) is 0 Å². The molecule has 0 bridgehead atoms. The highest BCUT2D eigenvalue weighted by Gasteiger charge is 2.17. The quantitative estimate of drug-likeness (QED) is 0.122. The van der Waals surface area contributed by atoms with Crippen LogP contribution in [0.25, 0.3) is 65.8 Å². The van der Waals surface area contributed by atoms with Crippen LogP contribution in [-0.2, 0) is 0 Å². The monoisotopic (exact) mass is 642 g/mol. The molecule has 0 saturated heterocycles. The highest BCUT2D eigenvalue weighted by molar-refractivity contribution is 6.26. The Bertz CT molecular complexity index is 2530. The van der Waals surface area contributed by atoms with E-state index in [4.69, 9.17) is 4.99 Å². The fourth-order valence-electron chi connectivity index (χ4n) is 7.54. The number of hydrogen-bond donors (Lipinski definition) is 0. The zero-order chi connectivity index (χ0) is 34.0. The summed E-state index contributed by atoms with van der Waals surface area (Å²) in [5, 5.41) is 7.64. The lowest BCUT2D eigenvalue weighted by Gasteiger charge is -2.17. The Morgan fingerprint density at radius 1 is 0.620 bits per heavy atom. The first-order valence-electron chi connectivity index (χ1n) is 17.3. The van der Waals surface area contributed by atoms with Gasteiger partial charge in [0.05, 0.1) is 11.4 Å². The first kappa shape index (κ1) is 31.2. The molecule has 1 aliphatic rings. The van der Waals surface area contributed by atoms with Gasteiger partial charge in [0.2, 0.25) is 0 Å². The van der Waals surface area contributed by atoms with Gasteiger partial charge in [-0.05, 0) is 103 Å². The average Bonchev–Trinajstić information content (AvgIpc) is 3.18. The zero-order valence-electron chi connectivity index (χ0n) is 28.5. The van der Waals surface area contributed by atoms with Gasteiger partial charge < -0.3 is 0 Å². The number of allylic oxidation sites excluding steroid dienone is 5. The third-order valence-electron chi connectivity index (χ3n) is 9.97. The van der Waals surface area contributed by atoms with E-state index in [1.54, 1.807) is 0 Å². The Kier molecular flexibility index (Phi) is 8.36. The van der Waals surface area contributed by atoms with E-state index in [1.165, 1.54) is 54.6 Å². The number of fused-ring (bicyclic) bond motifs is 6. The predicted octanol–water partition coefficient (Wildman–Crippen LogP) is 12.6. The summed E-state index contributed by atoms with van der Waals surface area (Å²) in [5.74, 6) is 0.526. The summed E-state index contributed by atoms with van der Waals surface area (Å²) in [6, 6.07) is 50.3. The van der Waals surface area contributed by atoms with Crippen LogP contribution in [0.15, 0.2) is 174 Å². The van der Waals surface area contributed by atoms with Crippen LogP contribution < -0.4 is 0 Å². The Balaban J connectivity index is 1.23. The molecule has 1 atom stereocenters. The van der Waals surface area contributed by atoms with Crippen LogP contribution in [0.2, 0.25) is 0 Å². The molecule has 7 aromatic rings. The molecule has 1 unspecified atom stereocenters. The maximum Gasteiger partial charge on any atom is 0.0716 e.